The Labute approximate surface area is 176 Å². The van der Waals surface area contributed by atoms with Crippen molar-refractivity contribution < 1.29 is 24.2 Å². The maximum atomic E-state index is 11.6. The topological polar surface area (TPSA) is 107 Å². The van der Waals surface area contributed by atoms with E-state index in [9.17, 15) is 14.4 Å². The van der Waals surface area contributed by atoms with Crippen LogP contribution in [0.4, 0.5) is 0 Å². The lowest BCUT2D eigenvalue weighted by atomic mass is 10.1. The SMILES string of the molecule is CCCCCCCCC=CCCCCCCCC(=O)OC(=O)[C@@H](N)CCC(=O)O. The van der Waals surface area contributed by atoms with Crippen molar-refractivity contribution in [1.29, 1.82) is 0 Å². The second-order valence-corrected chi connectivity index (χ2v) is 7.67. The second-order valence-electron chi connectivity index (χ2n) is 7.67. The van der Waals surface area contributed by atoms with Gasteiger partial charge in [0.25, 0.3) is 0 Å². The maximum Gasteiger partial charge on any atom is 0.330 e. The number of carboxylic acid groups (broad SMARTS) is 1. The zero-order valence-corrected chi connectivity index (χ0v) is 18.2. The number of carboxylic acids is 1. The second kappa shape index (κ2) is 19.6. The van der Waals surface area contributed by atoms with E-state index in [0.717, 1.165) is 32.1 Å². The van der Waals surface area contributed by atoms with Crippen LogP contribution in [0.15, 0.2) is 12.2 Å². The van der Waals surface area contributed by atoms with E-state index >= 15 is 0 Å². The molecule has 0 aliphatic carbocycles. The van der Waals surface area contributed by atoms with Gasteiger partial charge >= 0.3 is 17.9 Å². The van der Waals surface area contributed by atoms with Crippen molar-refractivity contribution in [1.82, 2.24) is 0 Å². The third-order valence-corrected chi connectivity index (χ3v) is 4.83. The molecule has 0 unspecified atom stereocenters. The van der Waals surface area contributed by atoms with Crippen molar-refractivity contribution >= 4 is 17.9 Å². The van der Waals surface area contributed by atoms with Crippen LogP contribution in [0, 0.1) is 0 Å². The quantitative estimate of drug-likeness (QED) is 0.129. The van der Waals surface area contributed by atoms with Gasteiger partial charge in [-0.1, -0.05) is 70.4 Å². The van der Waals surface area contributed by atoms with Gasteiger partial charge in [-0.3, -0.25) is 9.59 Å². The van der Waals surface area contributed by atoms with Crippen LogP contribution in [0.5, 0.6) is 0 Å². The normalized spacial score (nSPS) is 12.2. The Morgan fingerprint density at radius 1 is 0.828 bits per heavy atom. The average molecular weight is 412 g/mol. The number of hydrogen-bond donors (Lipinski definition) is 2. The van der Waals surface area contributed by atoms with Crippen LogP contribution in [0.3, 0.4) is 0 Å². The van der Waals surface area contributed by atoms with Crippen LogP contribution >= 0.6 is 0 Å². The summed E-state index contributed by atoms with van der Waals surface area (Å²) < 4.78 is 4.66. The van der Waals surface area contributed by atoms with E-state index in [1.54, 1.807) is 0 Å². The minimum Gasteiger partial charge on any atom is -0.481 e. The molecule has 0 spiro atoms. The Hall–Kier alpha value is -1.69. The van der Waals surface area contributed by atoms with E-state index in [1.807, 2.05) is 0 Å². The van der Waals surface area contributed by atoms with Crippen molar-refractivity contribution in [2.24, 2.45) is 5.73 Å². The molecular formula is C23H41NO5. The van der Waals surface area contributed by atoms with Gasteiger partial charge in [0.1, 0.15) is 6.04 Å². The smallest absolute Gasteiger partial charge is 0.330 e. The van der Waals surface area contributed by atoms with Crippen LogP contribution < -0.4 is 5.73 Å². The van der Waals surface area contributed by atoms with Crippen LogP contribution in [-0.2, 0) is 19.1 Å². The van der Waals surface area contributed by atoms with Crippen molar-refractivity contribution in [3.05, 3.63) is 12.2 Å². The van der Waals surface area contributed by atoms with E-state index < -0.39 is 23.9 Å². The van der Waals surface area contributed by atoms with Crippen LogP contribution in [-0.4, -0.2) is 29.1 Å². The number of carbonyl (C=O) groups excluding carboxylic acids is 2. The minimum atomic E-state index is -1.07. The van der Waals surface area contributed by atoms with Gasteiger partial charge < -0.3 is 15.6 Å². The Bertz CT molecular complexity index is 476. The number of aliphatic carboxylic acids is 1. The fourth-order valence-corrected chi connectivity index (χ4v) is 2.98. The first-order valence-electron chi connectivity index (χ1n) is 11.3. The summed E-state index contributed by atoms with van der Waals surface area (Å²) in [6.45, 7) is 2.24. The molecule has 0 amide bonds. The van der Waals surface area contributed by atoms with Crippen LogP contribution in [0.2, 0.25) is 0 Å². The lowest BCUT2D eigenvalue weighted by Gasteiger charge is -2.08. The first-order valence-corrected chi connectivity index (χ1v) is 11.3. The molecule has 6 nitrogen and oxygen atoms in total. The number of carbonyl (C=O) groups is 3. The summed E-state index contributed by atoms with van der Waals surface area (Å²) in [4.78, 5) is 33.6. The molecule has 0 aliphatic heterocycles. The highest BCUT2D eigenvalue weighted by molar-refractivity contribution is 5.88. The van der Waals surface area contributed by atoms with Gasteiger partial charge in [0, 0.05) is 12.8 Å². The van der Waals surface area contributed by atoms with E-state index in [2.05, 4.69) is 23.8 Å². The Morgan fingerprint density at radius 2 is 1.34 bits per heavy atom. The summed E-state index contributed by atoms with van der Waals surface area (Å²) in [6.07, 6.45) is 19.8. The Kier molecular flexibility index (Phi) is 18.5. The highest BCUT2D eigenvalue weighted by Gasteiger charge is 2.19. The standard InChI is InChI=1S/C23H41NO5/c1-2-3-4-5-6-7-8-9-10-11-12-13-14-15-16-17-22(27)29-23(28)20(24)18-19-21(25)26/h9-10,20H,2-8,11-19,24H2,1H3,(H,25,26)/t20-/m0/s1. The van der Waals surface area contributed by atoms with Gasteiger partial charge in [0.2, 0.25) is 0 Å². The van der Waals surface area contributed by atoms with Crippen molar-refractivity contribution in [3.8, 4) is 0 Å². The molecule has 0 saturated carbocycles. The molecular weight excluding hydrogens is 370 g/mol. The summed E-state index contributed by atoms with van der Waals surface area (Å²) in [7, 11) is 0. The highest BCUT2D eigenvalue weighted by atomic mass is 16.6. The number of nitrogens with two attached hydrogens (primary N) is 1. The number of esters is 2. The largest absolute Gasteiger partial charge is 0.481 e. The van der Waals surface area contributed by atoms with Crippen LogP contribution in [0.25, 0.3) is 0 Å². The number of ether oxygens (including phenoxy) is 1. The van der Waals surface area contributed by atoms with E-state index in [0.29, 0.717) is 6.42 Å². The summed E-state index contributed by atoms with van der Waals surface area (Å²) in [6, 6.07) is -1.07. The first-order chi connectivity index (χ1) is 14.0. The highest BCUT2D eigenvalue weighted by Crippen LogP contribution is 2.10. The van der Waals surface area contributed by atoms with E-state index in [-0.39, 0.29) is 19.3 Å². The summed E-state index contributed by atoms with van der Waals surface area (Å²) in [5.41, 5.74) is 5.50. The van der Waals surface area contributed by atoms with Crippen molar-refractivity contribution in [3.63, 3.8) is 0 Å². The van der Waals surface area contributed by atoms with E-state index in [4.69, 9.17) is 10.8 Å². The Morgan fingerprint density at radius 3 is 1.90 bits per heavy atom. The molecule has 3 N–H and O–H groups in total. The van der Waals surface area contributed by atoms with E-state index in [1.165, 1.54) is 44.9 Å². The fraction of sp³-hybridized carbons (Fsp3) is 0.783. The Balaban J connectivity index is 3.47. The minimum absolute atomic E-state index is 0.0329. The maximum absolute atomic E-state index is 11.6. The fourth-order valence-electron chi connectivity index (χ4n) is 2.98. The zero-order valence-electron chi connectivity index (χ0n) is 18.2. The molecule has 0 fully saturated rings. The number of unbranched alkanes of at least 4 members (excludes halogenated alkanes) is 11. The lowest BCUT2D eigenvalue weighted by Crippen LogP contribution is -2.34. The third-order valence-electron chi connectivity index (χ3n) is 4.83. The molecule has 0 aliphatic rings. The molecule has 0 aromatic heterocycles. The lowest BCUT2D eigenvalue weighted by molar-refractivity contribution is -0.160. The molecule has 0 aromatic carbocycles. The molecule has 168 valence electrons. The molecule has 29 heavy (non-hydrogen) atoms. The number of rotatable bonds is 19. The zero-order chi connectivity index (χ0) is 21.7. The summed E-state index contributed by atoms with van der Waals surface area (Å²) in [5, 5.41) is 8.55. The number of allylic oxidation sites excluding steroid dienone is 2. The molecule has 0 rings (SSSR count). The van der Waals surface area contributed by atoms with Gasteiger partial charge in [-0.2, -0.15) is 0 Å². The molecule has 0 saturated heterocycles. The molecule has 1 atom stereocenters. The summed E-state index contributed by atoms with van der Waals surface area (Å²) in [5.74, 6) is -2.46. The number of hydrogen-bond acceptors (Lipinski definition) is 5. The third kappa shape index (κ3) is 19.4. The molecule has 0 aromatic rings. The van der Waals surface area contributed by atoms with Crippen molar-refractivity contribution in [2.75, 3.05) is 0 Å². The summed E-state index contributed by atoms with van der Waals surface area (Å²) >= 11 is 0. The van der Waals surface area contributed by atoms with Gasteiger partial charge in [0.15, 0.2) is 0 Å². The molecule has 6 heteroatoms. The predicted molar refractivity (Wildman–Crippen MR) is 115 cm³/mol. The van der Waals surface area contributed by atoms with Crippen molar-refractivity contribution in [2.45, 2.75) is 116 Å². The van der Waals surface area contributed by atoms with Gasteiger partial charge in [-0.05, 0) is 38.5 Å². The van der Waals surface area contributed by atoms with Gasteiger partial charge in [-0.25, -0.2) is 4.79 Å². The molecule has 0 bridgehead atoms. The van der Waals surface area contributed by atoms with Gasteiger partial charge in [-0.15, -0.1) is 0 Å². The van der Waals surface area contributed by atoms with Gasteiger partial charge in [0.05, 0.1) is 0 Å². The molecule has 0 radical (unpaired) electrons. The monoisotopic (exact) mass is 411 g/mol. The average Bonchev–Trinajstić information content (AvgIpc) is 2.68. The predicted octanol–water partition coefficient (Wildman–Crippen LogP) is 5.29. The van der Waals surface area contributed by atoms with Crippen LogP contribution in [0.1, 0.15) is 110 Å². The molecule has 0 heterocycles. The first kappa shape index (κ1) is 27.3.